The van der Waals surface area contributed by atoms with Crippen LogP contribution in [0, 0.1) is 0 Å². The van der Waals surface area contributed by atoms with Crippen molar-refractivity contribution in [2.75, 3.05) is 0 Å². The van der Waals surface area contributed by atoms with Crippen LogP contribution in [0.1, 0.15) is 37.4 Å². The van der Waals surface area contributed by atoms with Crippen LogP contribution in [0.2, 0.25) is 0 Å². The molecule has 0 radical (unpaired) electrons. The van der Waals surface area contributed by atoms with E-state index in [0.29, 0.717) is 12.1 Å². The van der Waals surface area contributed by atoms with Crippen molar-refractivity contribution in [3.8, 4) is 0 Å². The Balaban J connectivity index is 2.22. The highest BCUT2D eigenvalue weighted by Gasteiger charge is 2.22. The molecule has 0 saturated heterocycles. The molecule has 1 aromatic rings. The van der Waals surface area contributed by atoms with Crippen LogP contribution in [0.3, 0.4) is 0 Å². The fourth-order valence-electron chi connectivity index (χ4n) is 2.16. The van der Waals surface area contributed by atoms with Crippen LogP contribution in [0.15, 0.2) is 22.7 Å². The van der Waals surface area contributed by atoms with E-state index in [1.54, 1.807) is 0 Å². The number of nitrogens with one attached hydrogen (secondary N) is 1. The van der Waals surface area contributed by atoms with Crippen molar-refractivity contribution in [3.05, 3.63) is 33.8 Å². The summed E-state index contributed by atoms with van der Waals surface area (Å²) in [6, 6.07) is 7.76. The fourth-order valence-corrected chi connectivity index (χ4v) is 2.57. The summed E-state index contributed by atoms with van der Waals surface area (Å²) in [6.45, 7) is 4.41. The van der Waals surface area contributed by atoms with Gasteiger partial charge in [0.1, 0.15) is 0 Å². The Kier molecular flexibility index (Phi) is 2.93. The predicted octanol–water partition coefficient (Wildman–Crippen LogP) is 3.43. The van der Waals surface area contributed by atoms with Gasteiger partial charge in [0.25, 0.3) is 0 Å². The van der Waals surface area contributed by atoms with Crippen molar-refractivity contribution in [1.82, 2.24) is 5.32 Å². The van der Waals surface area contributed by atoms with Crippen LogP contribution in [0.5, 0.6) is 0 Å². The lowest BCUT2D eigenvalue weighted by atomic mass is 10.1. The molecule has 0 bridgehead atoms. The third kappa shape index (κ3) is 2.01. The van der Waals surface area contributed by atoms with Gasteiger partial charge in [-0.05, 0) is 36.1 Å². The van der Waals surface area contributed by atoms with Gasteiger partial charge in [-0.25, -0.2) is 0 Å². The van der Waals surface area contributed by atoms with Crippen LogP contribution in [0.25, 0.3) is 0 Å². The molecule has 0 aromatic heterocycles. The van der Waals surface area contributed by atoms with Gasteiger partial charge in [-0.15, -0.1) is 0 Å². The lowest BCUT2D eigenvalue weighted by Gasteiger charge is -2.16. The predicted molar refractivity (Wildman–Crippen MR) is 63.5 cm³/mol. The molecule has 0 amide bonds. The van der Waals surface area contributed by atoms with E-state index in [4.69, 9.17) is 0 Å². The molecule has 2 heteroatoms. The van der Waals surface area contributed by atoms with Crippen molar-refractivity contribution in [1.29, 1.82) is 0 Å². The molecule has 2 rings (SSSR count). The summed E-state index contributed by atoms with van der Waals surface area (Å²) in [6.07, 6.45) is 2.45. The second-order valence-electron chi connectivity index (χ2n) is 4.26. The first-order valence-electron chi connectivity index (χ1n) is 5.21. The van der Waals surface area contributed by atoms with Crippen molar-refractivity contribution in [2.24, 2.45) is 0 Å². The zero-order valence-electron chi connectivity index (χ0n) is 8.68. The topological polar surface area (TPSA) is 12.0 Å². The summed E-state index contributed by atoms with van der Waals surface area (Å²) < 4.78 is 1.20. The fraction of sp³-hybridized carbons (Fsp3) is 0.500. The molecule has 1 aliphatic carbocycles. The summed E-state index contributed by atoms with van der Waals surface area (Å²) in [7, 11) is 0. The first-order valence-corrected chi connectivity index (χ1v) is 6.00. The SMILES string of the molecule is CC(C)NC1CCc2cc(Br)ccc21. The monoisotopic (exact) mass is 253 g/mol. The molecule has 1 nitrogen and oxygen atoms in total. The first-order chi connectivity index (χ1) is 6.66. The molecule has 1 aromatic carbocycles. The number of benzene rings is 1. The highest BCUT2D eigenvalue weighted by atomic mass is 79.9. The van der Waals surface area contributed by atoms with Crippen LogP contribution >= 0.6 is 15.9 Å². The maximum atomic E-state index is 3.60. The van der Waals surface area contributed by atoms with Gasteiger partial charge in [0.2, 0.25) is 0 Å². The highest BCUT2D eigenvalue weighted by Crippen LogP contribution is 2.33. The average molecular weight is 254 g/mol. The van der Waals surface area contributed by atoms with Gasteiger partial charge in [-0.3, -0.25) is 0 Å². The number of hydrogen-bond acceptors (Lipinski definition) is 1. The van der Waals surface area contributed by atoms with Crippen LogP contribution < -0.4 is 5.32 Å². The standard InChI is InChI=1S/C12H16BrN/c1-8(2)14-12-6-3-9-7-10(13)4-5-11(9)12/h4-5,7-8,12,14H,3,6H2,1-2H3. The van der Waals surface area contributed by atoms with Crippen molar-refractivity contribution in [2.45, 2.75) is 38.8 Å². The molecule has 1 atom stereocenters. The Bertz CT molecular complexity index is 333. The number of rotatable bonds is 2. The zero-order chi connectivity index (χ0) is 10.1. The summed E-state index contributed by atoms with van der Waals surface area (Å²) in [5, 5.41) is 3.60. The van der Waals surface area contributed by atoms with Gasteiger partial charge in [0, 0.05) is 16.6 Å². The van der Waals surface area contributed by atoms with Gasteiger partial charge in [-0.1, -0.05) is 35.8 Å². The summed E-state index contributed by atoms with van der Waals surface area (Å²) in [5.74, 6) is 0. The number of aryl methyl sites for hydroxylation is 1. The van der Waals surface area contributed by atoms with Gasteiger partial charge in [-0.2, -0.15) is 0 Å². The van der Waals surface area contributed by atoms with E-state index in [9.17, 15) is 0 Å². The van der Waals surface area contributed by atoms with E-state index >= 15 is 0 Å². The van der Waals surface area contributed by atoms with Crippen molar-refractivity contribution < 1.29 is 0 Å². The molecule has 0 spiro atoms. The maximum Gasteiger partial charge on any atom is 0.0328 e. The molecule has 1 unspecified atom stereocenters. The van der Waals surface area contributed by atoms with Gasteiger partial charge in [0.15, 0.2) is 0 Å². The van der Waals surface area contributed by atoms with Gasteiger partial charge < -0.3 is 5.32 Å². The van der Waals surface area contributed by atoms with E-state index < -0.39 is 0 Å². The second kappa shape index (κ2) is 4.03. The summed E-state index contributed by atoms with van der Waals surface area (Å²) in [5.41, 5.74) is 2.99. The van der Waals surface area contributed by atoms with E-state index in [-0.39, 0.29) is 0 Å². The average Bonchev–Trinajstić information content (AvgIpc) is 2.47. The Morgan fingerprint density at radius 1 is 1.43 bits per heavy atom. The van der Waals surface area contributed by atoms with E-state index in [1.165, 1.54) is 28.4 Å². The molecular weight excluding hydrogens is 238 g/mol. The van der Waals surface area contributed by atoms with E-state index in [0.717, 1.165) is 0 Å². The van der Waals surface area contributed by atoms with Gasteiger partial charge in [0.05, 0.1) is 0 Å². The maximum absolute atomic E-state index is 3.60. The number of halogens is 1. The minimum absolute atomic E-state index is 0.564. The van der Waals surface area contributed by atoms with Crippen LogP contribution in [0.4, 0.5) is 0 Å². The molecule has 0 fully saturated rings. The minimum Gasteiger partial charge on any atom is -0.308 e. The summed E-state index contributed by atoms with van der Waals surface area (Å²) in [4.78, 5) is 0. The van der Waals surface area contributed by atoms with E-state index in [1.807, 2.05) is 0 Å². The Morgan fingerprint density at radius 3 is 2.93 bits per heavy atom. The third-order valence-corrected chi connectivity index (χ3v) is 3.21. The minimum atomic E-state index is 0.564. The zero-order valence-corrected chi connectivity index (χ0v) is 10.3. The van der Waals surface area contributed by atoms with Gasteiger partial charge >= 0.3 is 0 Å². The molecule has 14 heavy (non-hydrogen) atoms. The molecule has 0 heterocycles. The van der Waals surface area contributed by atoms with Crippen molar-refractivity contribution >= 4 is 15.9 Å². The van der Waals surface area contributed by atoms with Crippen molar-refractivity contribution in [3.63, 3.8) is 0 Å². The molecule has 0 aliphatic heterocycles. The van der Waals surface area contributed by atoms with Crippen LogP contribution in [-0.2, 0) is 6.42 Å². The number of fused-ring (bicyclic) bond motifs is 1. The molecule has 76 valence electrons. The smallest absolute Gasteiger partial charge is 0.0328 e. The Morgan fingerprint density at radius 2 is 2.21 bits per heavy atom. The third-order valence-electron chi connectivity index (χ3n) is 2.72. The highest BCUT2D eigenvalue weighted by molar-refractivity contribution is 9.10. The van der Waals surface area contributed by atoms with E-state index in [2.05, 4.69) is 53.3 Å². The summed E-state index contributed by atoms with van der Waals surface area (Å²) >= 11 is 3.52. The lowest BCUT2D eigenvalue weighted by Crippen LogP contribution is -2.26. The number of hydrogen-bond donors (Lipinski definition) is 1. The first kappa shape index (κ1) is 10.2. The molecular formula is C12H16BrN. The van der Waals surface area contributed by atoms with Crippen LogP contribution in [-0.4, -0.2) is 6.04 Å². The lowest BCUT2D eigenvalue weighted by molar-refractivity contribution is 0.475. The molecule has 0 saturated carbocycles. The Labute approximate surface area is 94.0 Å². The second-order valence-corrected chi connectivity index (χ2v) is 5.17. The normalized spacial score (nSPS) is 20.1. The quantitative estimate of drug-likeness (QED) is 0.852. The molecule has 1 N–H and O–H groups in total. The molecule has 1 aliphatic rings. The Hall–Kier alpha value is -0.340. The largest absolute Gasteiger partial charge is 0.308 e.